The van der Waals surface area contributed by atoms with Gasteiger partial charge in [0.1, 0.15) is 50.1 Å². The highest BCUT2D eigenvalue weighted by molar-refractivity contribution is 5.69. The molecule has 0 bridgehead atoms. The third-order valence-electron chi connectivity index (χ3n) is 11.6. The maximum Gasteiger partial charge on any atom is 0.307 e. The number of carbonyl (C=O) groups excluding carboxylic acids is 2. The summed E-state index contributed by atoms with van der Waals surface area (Å²) in [7, 11) is 0. The van der Waals surface area contributed by atoms with Gasteiger partial charge in [-0.2, -0.15) is 0 Å². The van der Waals surface area contributed by atoms with Crippen molar-refractivity contribution in [3.05, 3.63) is 60.7 Å². The summed E-state index contributed by atoms with van der Waals surface area (Å²) in [6, 6.07) is 19.1. The highest BCUT2D eigenvalue weighted by Crippen LogP contribution is 2.37. The standard InChI is InChI=1S/C27H43NO4.C18H29N3O4/c1-2-21-8-10-22(11-9-21)18-23-12-14-24(15-13-23)28-17-16-27(30)32-20-25(29)19-31-26-6-4-3-5-7-26;19-7-9-21-12-10-20(11-13-21)8-6-18(23)25-15-16(22)14-24-17-4-2-1-3-5-17/h3-7,21-25,28-29H,2,8-20H2,1H3;1-5,16,22H,6-15,19H2. The van der Waals surface area contributed by atoms with E-state index in [4.69, 9.17) is 24.7 Å². The highest BCUT2D eigenvalue weighted by Gasteiger charge is 2.26. The lowest BCUT2D eigenvalue weighted by atomic mass is 9.74. The molecule has 3 fully saturated rings. The SMILES string of the molecule is CCC1CCC(CC2CCC(NCCC(=O)OCC(O)COc3ccccc3)CC2)CC1.NCCN1CCN(CCC(=O)OCC(O)COc2ccccc2)CC1. The Morgan fingerprint density at radius 1 is 0.667 bits per heavy atom. The fourth-order valence-electron chi connectivity index (χ4n) is 8.03. The molecule has 57 heavy (non-hydrogen) atoms. The number of hydrogen-bond acceptors (Lipinski definition) is 12. The van der Waals surface area contributed by atoms with Crippen LogP contribution in [0.25, 0.3) is 0 Å². The van der Waals surface area contributed by atoms with Crippen LogP contribution in [0.1, 0.15) is 84.0 Å². The van der Waals surface area contributed by atoms with Gasteiger partial charge in [-0.1, -0.05) is 75.4 Å². The predicted octanol–water partition coefficient (Wildman–Crippen LogP) is 5.05. The number of rotatable bonds is 22. The number of nitrogens with one attached hydrogen (secondary N) is 1. The van der Waals surface area contributed by atoms with Crippen molar-refractivity contribution in [2.75, 3.05) is 78.8 Å². The van der Waals surface area contributed by atoms with Crippen LogP contribution in [0.15, 0.2) is 60.7 Å². The lowest BCUT2D eigenvalue weighted by Crippen LogP contribution is -2.48. The second-order valence-electron chi connectivity index (χ2n) is 16.1. The Balaban J connectivity index is 0.000000261. The summed E-state index contributed by atoms with van der Waals surface area (Å²) < 4.78 is 21.2. The molecule has 1 aliphatic heterocycles. The van der Waals surface area contributed by atoms with Crippen LogP contribution in [0, 0.1) is 17.8 Å². The first kappa shape index (κ1) is 46.4. The lowest BCUT2D eigenvalue weighted by molar-refractivity contribution is -0.148. The van der Waals surface area contributed by atoms with E-state index in [-0.39, 0.29) is 38.4 Å². The first-order chi connectivity index (χ1) is 27.8. The van der Waals surface area contributed by atoms with Crippen molar-refractivity contribution in [2.24, 2.45) is 23.5 Å². The number of carbonyl (C=O) groups is 2. The van der Waals surface area contributed by atoms with Gasteiger partial charge in [-0.05, 0) is 74.1 Å². The van der Waals surface area contributed by atoms with Gasteiger partial charge < -0.3 is 45.1 Å². The Labute approximate surface area is 341 Å². The maximum absolute atomic E-state index is 12.0. The Hall–Kier alpha value is -3.26. The smallest absolute Gasteiger partial charge is 0.307 e. The number of benzene rings is 2. The van der Waals surface area contributed by atoms with Gasteiger partial charge in [-0.25, -0.2) is 0 Å². The lowest BCUT2D eigenvalue weighted by Gasteiger charge is -2.34. The van der Waals surface area contributed by atoms with Crippen LogP contribution in [0.2, 0.25) is 0 Å². The minimum Gasteiger partial charge on any atom is -0.491 e. The summed E-state index contributed by atoms with van der Waals surface area (Å²) >= 11 is 0. The van der Waals surface area contributed by atoms with E-state index in [2.05, 4.69) is 22.0 Å². The van der Waals surface area contributed by atoms with Gasteiger partial charge in [-0.15, -0.1) is 0 Å². The van der Waals surface area contributed by atoms with Crippen LogP contribution in [0.3, 0.4) is 0 Å². The van der Waals surface area contributed by atoms with Crippen LogP contribution in [-0.4, -0.2) is 129 Å². The first-order valence-electron chi connectivity index (χ1n) is 21.7. The van der Waals surface area contributed by atoms with E-state index in [1.54, 1.807) is 0 Å². The Bertz CT molecular complexity index is 1330. The largest absolute Gasteiger partial charge is 0.491 e. The topological polar surface area (TPSA) is 156 Å². The molecule has 5 rings (SSSR count). The molecule has 2 aromatic rings. The van der Waals surface area contributed by atoms with Gasteiger partial charge in [0.15, 0.2) is 0 Å². The zero-order valence-corrected chi connectivity index (χ0v) is 34.5. The molecule has 0 radical (unpaired) electrons. The summed E-state index contributed by atoms with van der Waals surface area (Å²) in [5.41, 5.74) is 5.56. The molecular formula is C45H72N4O8. The van der Waals surface area contributed by atoms with Crippen LogP contribution in [0.4, 0.5) is 0 Å². The molecule has 0 amide bonds. The highest BCUT2D eigenvalue weighted by atomic mass is 16.6. The quantitative estimate of drug-likeness (QED) is 0.118. The monoisotopic (exact) mass is 797 g/mol. The molecule has 1 heterocycles. The summed E-state index contributed by atoms with van der Waals surface area (Å²) in [5.74, 6) is 3.68. The number of esters is 2. The van der Waals surface area contributed by atoms with Crippen molar-refractivity contribution >= 4 is 11.9 Å². The zero-order valence-electron chi connectivity index (χ0n) is 34.5. The molecule has 3 aliphatic rings. The number of nitrogens with zero attached hydrogens (tertiary/aromatic N) is 2. The van der Waals surface area contributed by atoms with Crippen LogP contribution in [-0.2, 0) is 19.1 Å². The van der Waals surface area contributed by atoms with Crippen molar-refractivity contribution in [1.29, 1.82) is 0 Å². The van der Waals surface area contributed by atoms with E-state index in [9.17, 15) is 19.8 Å². The number of aliphatic hydroxyl groups is 2. The normalized spacial score (nSPS) is 22.7. The summed E-state index contributed by atoms with van der Waals surface area (Å²) in [6.07, 6.45) is 12.7. The van der Waals surface area contributed by atoms with Crippen LogP contribution in [0.5, 0.6) is 11.5 Å². The maximum atomic E-state index is 12.0. The number of ether oxygens (including phenoxy) is 4. The van der Waals surface area contributed by atoms with Gasteiger partial charge >= 0.3 is 11.9 Å². The third-order valence-corrected chi connectivity index (χ3v) is 11.6. The number of aliphatic hydroxyl groups excluding tert-OH is 2. The average Bonchev–Trinajstić information content (AvgIpc) is 3.25. The van der Waals surface area contributed by atoms with Crippen molar-refractivity contribution in [3.8, 4) is 11.5 Å². The number of nitrogens with two attached hydrogens (primary N) is 1. The fraction of sp³-hybridized carbons (Fsp3) is 0.689. The van der Waals surface area contributed by atoms with Crippen molar-refractivity contribution in [2.45, 2.75) is 102 Å². The van der Waals surface area contributed by atoms with Gasteiger partial charge in [0.25, 0.3) is 0 Å². The van der Waals surface area contributed by atoms with E-state index >= 15 is 0 Å². The number of piperazine rings is 1. The van der Waals surface area contributed by atoms with Gasteiger partial charge in [0.05, 0.1) is 12.8 Å². The van der Waals surface area contributed by atoms with E-state index in [0.717, 1.165) is 50.5 Å². The molecule has 0 spiro atoms. The molecule has 12 heteroatoms. The fourth-order valence-corrected chi connectivity index (χ4v) is 8.03. The van der Waals surface area contributed by atoms with Gasteiger partial charge in [0.2, 0.25) is 0 Å². The van der Waals surface area contributed by atoms with E-state index in [1.165, 1.54) is 64.2 Å². The molecule has 2 aromatic carbocycles. The molecule has 5 N–H and O–H groups in total. The van der Waals surface area contributed by atoms with Gasteiger partial charge in [0, 0.05) is 58.4 Å². The molecule has 2 atom stereocenters. The Kier molecular flexibility index (Phi) is 22.3. The molecule has 12 nitrogen and oxygen atoms in total. The molecule has 2 saturated carbocycles. The third kappa shape index (κ3) is 19.8. The summed E-state index contributed by atoms with van der Waals surface area (Å²) in [5, 5.41) is 23.3. The second-order valence-corrected chi connectivity index (χ2v) is 16.1. The van der Waals surface area contributed by atoms with E-state index < -0.39 is 12.2 Å². The van der Waals surface area contributed by atoms with Crippen molar-refractivity contribution in [1.82, 2.24) is 15.1 Å². The molecule has 2 aliphatic carbocycles. The number of hydrogen-bond donors (Lipinski definition) is 4. The van der Waals surface area contributed by atoms with Crippen LogP contribution >= 0.6 is 0 Å². The second kappa shape index (κ2) is 27.4. The van der Waals surface area contributed by atoms with E-state index in [0.29, 0.717) is 50.0 Å². The molecule has 320 valence electrons. The summed E-state index contributed by atoms with van der Waals surface area (Å²) in [4.78, 5) is 28.4. The number of para-hydroxylation sites is 2. The Morgan fingerprint density at radius 3 is 1.61 bits per heavy atom. The zero-order chi connectivity index (χ0) is 40.5. The molecule has 1 saturated heterocycles. The van der Waals surface area contributed by atoms with E-state index in [1.807, 2.05) is 60.7 Å². The minimum absolute atomic E-state index is 0.0308. The first-order valence-corrected chi connectivity index (χ1v) is 21.7. The van der Waals surface area contributed by atoms with Crippen molar-refractivity contribution in [3.63, 3.8) is 0 Å². The van der Waals surface area contributed by atoms with Gasteiger partial charge in [-0.3, -0.25) is 14.5 Å². The molecule has 2 unspecified atom stereocenters. The predicted molar refractivity (Wildman–Crippen MR) is 223 cm³/mol. The Morgan fingerprint density at radius 2 is 1.12 bits per heavy atom. The summed E-state index contributed by atoms with van der Waals surface area (Å²) in [6.45, 7) is 9.28. The molecular weight excluding hydrogens is 725 g/mol. The van der Waals surface area contributed by atoms with Crippen molar-refractivity contribution < 1.29 is 38.7 Å². The molecule has 0 aromatic heterocycles. The minimum atomic E-state index is -0.830. The average molecular weight is 797 g/mol. The van der Waals surface area contributed by atoms with Crippen LogP contribution < -0.4 is 20.5 Å².